The number of urea groups is 1. The van der Waals surface area contributed by atoms with E-state index in [1.807, 2.05) is 13.8 Å². The molecule has 0 atom stereocenters. The molecule has 0 aliphatic carbocycles. The average Bonchev–Trinajstić information content (AvgIpc) is 2.92. The Labute approximate surface area is 230 Å². The molecule has 1 fully saturated rings. The van der Waals surface area contributed by atoms with Gasteiger partial charge in [0.2, 0.25) is 0 Å². The Morgan fingerprint density at radius 3 is 2.50 bits per heavy atom. The van der Waals surface area contributed by atoms with Crippen LogP contribution < -0.4 is 19.7 Å². The van der Waals surface area contributed by atoms with Crippen LogP contribution in [0.3, 0.4) is 0 Å². The minimum atomic E-state index is -0.828. The van der Waals surface area contributed by atoms with Gasteiger partial charge in [0.05, 0.1) is 17.7 Å². The molecule has 1 N–H and O–H groups in total. The van der Waals surface area contributed by atoms with Crippen LogP contribution in [0.15, 0.2) is 72.8 Å². The second-order valence-corrected chi connectivity index (χ2v) is 9.15. The fourth-order valence-electron chi connectivity index (χ4n) is 4.23. The third kappa shape index (κ3) is 5.75. The fourth-order valence-corrected chi connectivity index (χ4v) is 4.23. The van der Waals surface area contributed by atoms with E-state index >= 15 is 0 Å². The van der Waals surface area contributed by atoms with Crippen molar-refractivity contribution in [3.8, 4) is 11.5 Å². The van der Waals surface area contributed by atoms with Crippen molar-refractivity contribution in [2.75, 3.05) is 12.0 Å². The zero-order valence-electron chi connectivity index (χ0n) is 22.2. The first-order valence-electron chi connectivity index (χ1n) is 12.3. The summed E-state index contributed by atoms with van der Waals surface area (Å²) in [5, 5.41) is 13.3. The van der Waals surface area contributed by atoms with Crippen LogP contribution in [0.4, 0.5) is 16.2 Å². The summed E-state index contributed by atoms with van der Waals surface area (Å²) >= 11 is 0. The lowest BCUT2D eigenvalue weighted by atomic mass is 10.0. The van der Waals surface area contributed by atoms with Crippen LogP contribution in [0.25, 0.3) is 6.08 Å². The summed E-state index contributed by atoms with van der Waals surface area (Å²) in [6.07, 6.45) is 3.41. The second-order valence-electron chi connectivity index (χ2n) is 9.15. The molecule has 0 spiro atoms. The van der Waals surface area contributed by atoms with Gasteiger partial charge in [-0.2, -0.15) is 0 Å². The molecule has 0 radical (unpaired) electrons. The van der Waals surface area contributed by atoms with Gasteiger partial charge in [0, 0.05) is 17.7 Å². The number of hydrogen-bond donors (Lipinski definition) is 1. The number of nitrogens with one attached hydrogen (secondary N) is 1. The predicted molar refractivity (Wildman–Crippen MR) is 149 cm³/mol. The van der Waals surface area contributed by atoms with Crippen LogP contribution >= 0.6 is 0 Å². The second kappa shape index (κ2) is 11.6. The molecular weight excluding hydrogens is 514 g/mol. The number of amides is 4. The molecule has 1 saturated heterocycles. The van der Waals surface area contributed by atoms with Crippen molar-refractivity contribution in [2.24, 2.45) is 0 Å². The quantitative estimate of drug-likeness (QED) is 0.130. The van der Waals surface area contributed by atoms with E-state index in [-0.39, 0.29) is 17.9 Å². The van der Waals surface area contributed by atoms with Gasteiger partial charge in [-0.05, 0) is 72.9 Å². The first kappa shape index (κ1) is 27.8. The van der Waals surface area contributed by atoms with E-state index in [9.17, 15) is 24.5 Å². The molecule has 4 rings (SSSR count). The van der Waals surface area contributed by atoms with Gasteiger partial charge in [0.1, 0.15) is 12.2 Å². The molecule has 3 aromatic carbocycles. The largest absolute Gasteiger partial charge is 0.493 e. The van der Waals surface area contributed by atoms with Crippen molar-refractivity contribution < 1.29 is 28.8 Å². The molecule has 1 aliphatic rings. The third-order valence-corrected chi connectivity index (χ3v) is 6.40. The van der Waals surface area contributed by atoms with Gasteiger partial charge < -0.3 is 9.47 Å². The SMILES string of the molecule is C=CCc1cc(/C=C2\C(=O)NC(=O)N(c3ccc(C)c(C)c3)C2=O)cc(OC)c1OCc1cccc([N+](=O)[O-])c1. The summed E-state index contributed by atoms with van der Waals surface area (Å²) in [5.41, 5.74) is 3.66. The number of anilines is 1. The highest BCUT2D eigenvalue weighted by Crippen LogP contribution is 2.35. The Hall–Kier alpha value is -5.25. The number of ether oxygens (including phenoxy) is 2. The summed E-state index contributed by atoms with van der Waals surface area (Å²) in [7, 11) is 1.45. The van der Waals surface area contributed by atoms with Gasteiger partial charge >= 0.3 is 6.03 Å². The van der Waals surface area contributed by atoms with Crippen molar-refractivity contribution in [1.29, 1.82) is 0 Å². The number of rotatable bonds is 9. The summed E-state index contributed by atoms with van der Waals surface area (Å²) in [6, 6.07) is 13.7. The molecule has 4 amide bonds. The van der Waals surface area contributed by atoms with E-state index in [4.69, 9.17) is 9.47 Å². The standard InChI is InChI=1S/C30H27N3O7/c1-5-7-22-13-21(16-26(39-4)27(22)40-17-20-8-6-9-24(14-20)33(37)38)15-25-28(34)31-30(36)32(29(25)35)23-11-10-18(2)19(3)12-23/h5-6,8-16H,1,7,17H2,2-4H3,(H,31,34,36)/b25-15+. The van der Waals surface area contributed by atoms with Crippen molar-refractivity contribution >= 4 is 35.3 Å². The van der Waals surface area contributed by atoms with Gasteiger partial charge in [0.15, 0.2) is 11.5 Å². The van der Waals surface area contributed by atoms with Crippen LogP contribution in [-0.2, 0) is 22.6 Å². The van der Waals surface area contributed by atoms with E-state index in [1.54, 1.807) is 48.5 Å². The lowest BCUT2D eigenvalue weighted by Gasteiger charge is -2.27. The van der Waals surface area contributed by atoms with Crippen LogP contribution in [-0.4, -0.2) is 29.9 Å². The highest BCUT2D eigenvalue weighted by atomic mass is 16.6. The van der Waals surface area contributed by atoms with E-state index in [2.05, 4.69) is 11.9 Å². The minimum absolute atomic E-state index is 0.0382. The van der Waals surface area contributed by atoms with Gasteiger partial charge in [-0.3, -0.25) is 25.0 Å². The number of barbiturate groups is 1. The molecule has 0 unspecified atom stereocenters. The number of hydrogen-bond acceptors (Lipinski definition) is 7. The number of nitro groups is 1. The molecule has 1 aliphatic heterocycles. The number of carbonyl (C=O) groups is 3. The number of non-ortho nitro benzene ring substituents is 1. The molecule has 3 aromatic rings. The smallest absolute Gasteiger partial charge is 0.335 e. The zero-order valence-corrected chi connectivity index (χ0v) is 22.2. The lowest BCUT2D eigenvalue weighted by Crippen LogP contribution is -2.54. The highest BCUT2D eigenvalue weighted by molar-refractivity contribution is 6.39. The number of imide groups is 2. The molecule has 0 bridgehead atoms. The Morgan fingerprint density at radius 1 is 1.05 bits per heavy atom. The number of benzene rings is 3. The summed E-state index contributed by atoms with van der Waals surface area (Å²) in [4.78, 5) is 50.3. The number of carbonyl (C=O) groups excluding carboxylic acids is 3. The van der Waals surface area contributed by atoms with Gasteiger partial charge in [-0.15, -0.1) is 6.58 Å². The number of aryl methyl sites for hydroxylation is 2. The zero-order chi connectivity index (χ0) is 29.0. The van der Waals surface area contributed by atoms with Crippen LogP contribution in [0.5, 0.6) is 11.5 Å². The van der Waals surface area contributed by atoms with Crippen molar-refractivity contribution in [3.63, 3.8) is 0 Å². The van der Waals surface area contributed by atoms with Gasteiger partial charge in [-0.1, -0.05) is 24.3 Å². The summed E-state index contributed by atoms with van der Waals surface area (Å²) < 4.78 is 11.6. The van der Waals surface area contributed by atoms with Crippen molar-refractivity contribution in [3.05, 3.63) is 111 Å². The molecule has 40 heavy (non-hydrogen) atoms. The number of methoxy groups -OCH3 is 1. The topological polar surface area (TPSA) is 128 Å². The molecule has 1 heterocycles. The highest BCUT2D eigenvalue weighted by Gasteiger charge is 2.37. The summed E-state index contributed by atoms with van der Waals surface area (Å²) in [5.74, 6) is -0.859. The molecular formula is C30H27N3O7. The molecule has 10 heteroatoms. The predicted octanol–water partition coefficient (Wildman–Crippen LogP) is 5.19. The van der Waals surface area contributed by atoms with E-state index < -0.39 is 22.8 Å². The molecule has 204 valence electrons. The lowest BCUT2D eigenvalue weighted by molar-refractivity contribution is -0.384. The number of allylic oxidation sites excluding steroid dienone is 1. The Kier molecular flexibility index (Phi) is 8.09. The molecule has 10 nitrogen and oxygen atoms in total. The molecule has 0 saturated carbocycles. The van der Waals surface area contributed by atoms with Crippen LogP contribution in [0.1, 0.15) is 27.8 Å². The fraction of sp³-hybridized carbons (Fsp3) is 0.167. The normalized spacial score (nSPS) is 14.2. The van der Waals surface area contributed by atoms with Gasteiger partial charge in [-0.25, -0.2) is 9.69 Å². The Bertz CT molecular complexity index is 1580. The van der Waals surface area contributed by atoms with Crippen molar-refractivity contribution in [1.82, 2.24) is 5.32 Å². The van der Waals surface area contributed by atoms with E-state index in [1.165, 1.54) is 25.3 Å². The maximum absolute atomic E-state index is 13.4. The number of nitro benzene ring substituents is 1. The summed E-state index contributed by atoms with van der Waals surface area (Å²) in [6.45, 7) is 7.60. The Balaban J connectivity index is 1.69. The number of nitrogens with zero attached hydrogens (tertiary/aromatic N) is 2. The van der Waals surface area contributed by atoms with Crippen molar-refractivity contribution in [2.45, 2.75) is 26.9 Å². The first-order valence-corrected chi connectivity index (χ1v) is 12.3. The van der Waals surface area contributed by atoms with Crippen LogP contribution in [0.2, 0.25) is 0 Å². The molecule has 0 aromatic heterocycles. The third-order valence-electron chi connectivity index (χ3n) is 6.40. The Morgan fingerprint density at radius 2 is 1.82 bits per heavy atom. The van der Waals surface area contributed by atoms with Gasteiger partial charge in [0.25, 0.3) is 17.5 Å². The van der Waals surface area contributed by atoms with E-state index in [0.29, 0.717) is 40.3 Å². The maximum atomic E-state index is 13.4. The maximum Gasteiger partial charge on any atom is 0.335 e. The minimum Gasteiger partial charge on any atom is -0.493 e. The monoisotopic (exact) mass is 541 g/mol. The van der Waals surface area contributed by atoms with Crippen LogP contribution in [0, 0.1) is 24.0 Å². The van der Waals surface area contributed by atoms with E-state index in [0.717, 1.165) is 16.0 Å². The average molecular weight is 542 g/mol. The first-order chi connectivity index (χ1) is 19.1.